The van der Waals surface area contributed by atoms with Gasteiger partial charge in [0.2, 0.25) is 0 Å². The van der Waals surface area contributed by atoms with E-state index < -0.39 is 10.0 Å². The summed E-state index contributed by atoms with van der Waals surface area (Å²) in [5, 5.41) is 10.4. The van der Waals surface area contributed by atoms with Crippen LogP contribution in [0.3, 0.4) is 0 Å². The van der Waals surface area contributed by atoms with Crippen molar-refractivity contribution >= 4 is 38.9 Å². The molecule has 0 amide bonds. The Morgan fingerprint density at radius 1 is 1.08 bits per heavy atom. The molecule has 2 aromatic rings. The predicted octanol–water partition coefficient (Wildman–Crippen LogP) is 5.19. The SMILES string of the molecule is CCC(C)(C)c1ccc(O)c(NS(=O)(=O)c2cc(Cl)cc(Cl)c2)c1. The number of phenols is 1. The quantitative estimate of drug-likeness (QED) is 0.693. The van der Waals surface area contributed by atoms with Gasteiger partial charge in [-0.25, -0.2) is 8.42 Å². The van der Waals surface area contributed by atoms with Crippen LogP contribution in [0, 0.1) is 0 Å². The number of nitrogens with one attached hydrogen (secondary N) is 1. The van der Waals surface area contributed by atoms with E-state index in [0.29, 0.717) is 0 Å². The summed E-state index contributed by atoms with van der Waals surface area (Å²) in [6.07, 6.45) is 0.869. The molecule has 0 bridgehead atoms. The first-order chi connectivity index (χ1) is 11.0. The lowest BCUT2D eigenvalue weighted by Gasteiger charge is -2.24. The molecule has 24 heavy (non-hydrogen) atoms. The average Bonchev–Trinajstić information content (AvgIpc) is 2.48. The summed E-state index contributed by atoms with van der Waals surface area (Å²) in [7, 11) is -3.93. The molecule has 0 fully saturated rings. The first kappa shape index (κ1) is 18.9. The summed E-state index contributed by atoms with van der Waals surface area (Å²) in [5.74, 6) is -0.151. The molecule has 0 aliphatic rings. The monoisotopic (exact) mass is 387 g/mol. The average molecular weight is 388 g/mol. The number of halogens is 2. The van der Waals surface area contributed by atoms with E-state index in [2.05, 4.69) is 18.6 Å². The summed E-state index contributed by atoms with van der Waals surface area (Å²) in [4.78, 5) is -0.0699. The summed E-state index contributed by atoms with van der Waals surface area (Å²) >= 11 is 11.7. The van der Waals surface area contributed by atoms with Crippen LogP contribution in [-0.4, -0.2) is 13.5 Å². The lowest BCUT2D eigenvalue weighted by molar-refractivity contribution is 0.474. The number of rotatable bonds is 5. The third kappa shape index (κ3) is 4.15. The first-order valence-corrected chi connectivity index (χ1v) is 9.61. The molecule has 0 saturated heterocycles. The van der Waals surface area contributed by atoms with Crippen molar-refractivity contribution in [3.8, 4) is 5.75 Å². The van der Waals surface area contributed by atoms with E-state index in [1.165, 1.54) is 24.3 Å². The van der Waals surface area contributed by atoms with Crippen molar-refractivity contribution in [2.45, 2.75) is 37.5 Å². The van der Waals surface area contributed by atoms with E-state index in [1.54, 1.807) is 12.1 Å². The molecule has 2 rings (SSSR count). The minimum Gasteiger partial charge on any atom is -0.506 e. The second-order valence-electron chi connectivity index (χ2n) is 6.18. The van der Waals surface area contributed by atoms with Gasteiger partial charge in [0.25, 0.3) is 10.0 Å². The number of aromatic hydroxyl groups is 1. The van der Waals surface area contributed by atoms with Crippen molar-refractivity contribution in [3.05, 3.63) is 52.0 Å². The third-order valence-corrected chi connectivity index (χ3v) is 5.83. The van der Waals surface area contributed by atoms with Crippen molar-refractivity contribution in [2.24, 2.45) is 0 Å². The minimum absolute atomic E-state index is 0.0699. The normalized spacial score (nSPS) is 12.2. The molecule has 0 saturated carbocycles. The van der Waals surface area contributed by atoms with Gasteiger partial charge in [0.15, 0.2) is 0 Å². The number of benzene rings is 2. The topological polar surface area (TPSA) is 66.4 Å². The summed E-state index contributed by atoms with van der Waals surface area (Å²) < 4.78 is 27.5. The van der Waals surface area contributed by atoms with Gasteiger partial charge in [-0.3, -0.25) is 4.72 Å². The largest absolute Gasteiger partial charge is 0.506 e. The standard InChI is InChI=1S/C17H19Cl2NO3S/c1-4-17(2,3)11-5-6-16(21)15(7-11)20-24(22,23)14-9-12(18)8-13(19)10-14/h5-10,20-21H,4H2,1-3H3. The highest BCUT2D eigenvalue weighted by molar-refractivity contribution is 7.92. The molecule has 2 N–H and O–H groups in total. The molecule has 4 nitrogen and oxygen atoms in total. The van der Waals surface area contributed by atoms with Gasteiger partial charge >= 0.3 is 0 Å². The Bertz CT molecular complexity index is 844. The zero-order valence-corrected chi connectivity index (χ0v) is 15.9. The Morgan fingerprint density at radius 2 is 1.67 bits per heavy atom. The number of sulfonamides is 1. The minimum atomic E-state index is -3.93. The van der Waals surface area contributed by atoms with Crippen molar-refractivity contribution < 1.29 is 13.5 Å². The molecule has 2 aromatic carbocycles. The molecule has 0 atom stereocenters. The number of anilines is 1. The van der Waals surface area contributed by atoms with Crippen molar-refractivity contribution in [1.29, 1.82) is 0 Å². The van der Waals surface area contributed by atoms with Crippen molar-refractivity contribution in [1.82, 2.24) is 0 Å². The van der Waals surface area contributed by atoms with E-state index in [1.807, 2.05) is 6.92 Å². The molecule has 7 heteroatoms. The molecule has 0 aliphatic carbocycles. The second-order valence-corrected chi connectivity index (χ2v) is 8.74. The molecule has 0 spiro atoms. The van der Waals surface area contributed by atoms with Crippen LogP contribution in [-0.2, 0) is 15.4 Å². The van der Waals surface area contributed by atoms with Gasteiger partial charge in [-0.2, -0.15) is 0 Å². The molecule has 130 valence electrons. The van der Waals surface area contributed by atoms with Crippen molar-refractivity contribution in [3.63, 3.8) is 0 Å². The van der Waals surface area contributed by atoms with Gasteiger partial charge in [0, 0.05) is 10.0 Å². The van der Waals surface area contributed by atoms with E-state index in [9.17, 15) is 13.5 Å². The van der Waals surface area contributed by atoms with Gasteiger partial charge in [0.05, 0.1) is 10.6 Å². The number of hydrogen-bond donors (Lipinski definition) is 2. The van der Waals surface area contributed by atoms with Crippen LogP contribution in [0.2, 0.25) is 10.0 Å². The lowest BCUT2D eigenvalue weighted by Crippen LogP contribution is -2.17. The maximum atomic E-state index is 12.5. The van der Waals surface area contributed by atoms with Gasteiger partial charge in [-0.05, 0) is 47.7 Å². The van der Waals surface area contributed by atoms with Crippen molar-refractivity contribution in [2.75, 3.05) is 4.72 Å². The van der Waals surface area contributed by atoms with Gasteiger partial charge < -0.3 is 5.11 Å². The van der Waals surface area contributed by atoms with Crippen LogP contribution in [0.25, 0.3) is 0 Å². The number of hydrogen-bond acceptors (Lipinski definition) is 3. The summed E-state index contributed by atoms with van der Waals surface area (Å²) in [6, 6.07) is 8.95. The Labute approximate surface area is 152 Å². The zero-order valence-electron chi connectivity index (χ0n) is 13.6. The molecule has 0 aliphatic heterocycles. The van der Waals surface area contributed by atoms with Crippen LogP contribution in [0.15, 0.2) is 41.3 Å². The van der Waals surface area contributed by atoms with Gasteiger partial charge in [-0.15, -0.1) is 0 Å². The van der Waals surface area contributed by atoms with E-state index in [-0.39, 0.29) is 31.8 Å². The van der Waals surface area contributed by atoms with Crippen LogP contribution < -0.4 is 4.72 Å². The first-order valence-electron chi connectivity index (χ1n) is 7.37. The number of phenolic OH excluding ortho intramolecular Hbond substituents is 1. The fraction of sp³-hybridized carbons (Fsp3) is 0.294. The Kier molecular flexibility index (Phi) is 5.37. The van der Waals surface area contributed by atoms with Crippen LogP contribution >= 0.6 is 23.2 Å². The predicted molar refractivity (Wildman–Crippen MR) is 98.7 cm³/mol. The summed E-state index contributed by atoms with van der Waals surface area (Å²) in [6.45, 7) is 6.15. The zero-order chi connectivity index (χ0) is 18.1. The maximum Gasteiger partial charge on any atom is 0.262 e. The molecule has 0 radical (unpaired) electrons. The fourth-order valence-electron chi connectivity index (χ4n) is 2.13. The molecule has 0 aromatic heterocycles. The summed E-state index contributed by atoms with van der Waals surface area (Å²) in [5.41, 5.74) is 0.891. The van der Waals surface area contributed by atoms with Crippen LogP contribution in [0.1, 0.15) is 32.8 Å². The van der Waals surface area contributed by atoms with Gasteiger partial charge in [0.1, 0.15) is 5.75 Å². The Balaban J connectivity index is 2.44. The van der Waals surface area contributed by atoms with Crippen LogP contribution in [0.4, 0.5) is 5.69 Å². The highest BCUT2D eigenvalue weighted by atomic mass is 35.5. The van der Waals surface area contributed by atoms with E-state index >= 15 is 0 Å². The Morgan fingerprint density at radius 3 is 2.21 bits per heavy atom. The smallest absolute Gasteiger partial charge is 0.262 e. The Hall–Kier alpha value is -1.43. The molecule has 0 heterocycles. The highest BCUT2D eigenvalue weighted by Gasteiger charge is 2.22. The van der Waals surface area contributed by atoms with E-state index in [0.717, 1.165) is 12.0 Å². The van der Waals surface area contributed by atoms with Crippen LogP contribution in [0.5, 0.6) is 5.75 Å². The molecular formula is C17H19Cl2NO3S. The van der Waals surface area contributed by atoms with E-state index in [4.69, 9.17) is 23.2 Å². The fourth-order valence-corrected chi connectivity index (χ4v) is 3.92. The lowest BCUT2D eigenvalue weighted by atomic mass is 9.82. The highest BCUT2D eigenvalue weighted by Crippen LogP contribution is 2.34. The van der Waals surface area contributed by atoms with Gasteiger partial charge in [-0.1, -0.05) is 50.0 Å². The second kappa shape index (κ2) is 6.82. The maximum absolute atomic E-state index is 12.5. The third-order valence-electron chi connectivity index (χ3n) is 4.05. The molecular weight excluding hydrogens is 369 g/mol. The molecule has 0 unspecified atom stereocenters.